The summed E-state index contributed by atoms with van der Waals surface area (Å²) in [7, 11) is -1.31. The number of benzene rings is 2. The number of Topliss-reactive ketones (excluding diaryl/α,β-unsaturated/α-hetero) is 1. The number of rotatable bonds is 4. The van der Waals surface area contributed by atoms with Gasteiger partial charge in [-0.25, -0.2) is 0 Å². The molecular weight excluding hydrogens is 336 g/mol. The minimum Gasteiger partial charge on any atom is -0.293 e. The van der Waals surface area contributed by atoms with Gasteiger partial charge in [0, 0.05) is 14.9 Å². The van der Waals surface area contributed by atoms with Gasteiger partial charge in [-0.15, -0.1) is 0 Å². The van der Waals surface area contributed by atoms with Gasteiger partial charge in [-0.1, -0.05) is 40.2 Å². The van der Waals surface area contributed by atoms with E-state index in [9.17, 15) is 9.00 Å². The van der Waals surface area contributed by atoms with Crippen molar-refractivity contribution in [2.45, 2.75) is 18.7 Å². The summed E-state index contributed by atoms with van der Waals surface area (Å²) in [6.07, 6.45) is 0. The SMILES string of the molecule is Cc1ccc(C)c(S(=O)CC(=O)c2cccc(Br)c2)c1. The Balaban J connectivity index is 2.19. The number of carbonyl (C=O) groups is 1. The molecular formula is C16H15BrO2S. The molecule has 1 unspecified atom stereocenters. The van der Waals surface area contributed by atoms with Crippen molar-refractivity contribution in [2.24, 2.45) is 0 Å². The average Bonchev–Trinajstić information content (AvgIpc) is 2.41. The molecule has 2 aromatic rings. The highest BCUT2D eigenvalue weighted by atomic mass is 79.9. The van der Waals surface area contributed by atoms with Gasteiger partial charge in [-0.3, -0.25) is 9.00 Å². The Morgan fingerprint density at radius 2 is 1.90 bits per heavy atom. The van der Waals surface area contributed by atoms with Gasteiger partial charge in [0.05, 0.1) is 16.6 Å². The maximum absolute atomic E-state index is 12.4. The van der Waals surface area contributed by atoms with Gasteiger partial charge >= 0.3 is 0 Å². The number of aryl methyl sites for hydroxylation is 2. The van der Waals surface area contributed by atoms with E-state index in [1.54, 1.807) is 18.2 Å². The summed E-state index contributed by atoms with van der Waals surface area (Å²) >= 11 is 3.33. The van der Waals surface area contributed by atoms with Crippen LogP contribution in [0, 0.1) is 13.8 Å². The van der Waals surface area contributed by atoms with Crippen molar-refractivity contribution in [3.8, 4) is 0 Å². The second-order valence-electron chi connectivity index (χ2n) is 4.69. The zero-order chi connectivity index (χ0) is 14.7. The smallest absolute Gasteiger partial charge is 0.175 e. The van der Waals surface area contributed by atoms with E-state index in [0.29, 0.717) is 5.56 Å². The van der Waals surface area contributed by atoms with Crippen LogP contribution in [0.5, 0.6) is 0 Å². The van der Waals surface area contributed by atoms with Crippen LogP contribution < -0.4 is 0 Å². The lowest BCUT2D eigenvalue weighted by atomic mass is 10.1. The predicted molar refractivity (Wildman–Crippen MR) is 85.7 cm³/mol. The Morgan fingerprint density at radius 3 is 2.60 bits per heavy atom. The number of ketones is 1. The van der Waals surface area contributed by atoms with Crippen molar-refractivity contribution in [1.82, 2.24) is 0 Å². The second kappa shape index (κ2) is 6.46. The molecule has 0 aliphatic heterocycles. The van der Waals surface area contributed by atoms with E-state index in [1.165, 1.54) is 0 Å². The lowest BCUT2D eigenvalue weighted by molar-refractivity contribution is 0.102. The van der Waals surface area contributed by atoms with Crippen LogP contribution >= 0.6 is 15.9 Å². The highest BCUT2D eigenvalue weighted by Crippen LogP contribution is 2.17. The molecule has 0 aromatic heterocycles. The third-order valence-corrected chi connectivity index (χ3v) is 4.95. The first kappa shape index (κ1) is 15.1. The Kier molecular flexibility index (Phi) is 4.89. The number of carbonyl (C=O) groups excluding carboxylic acids is 1. The largest absolute Gasteiger partial charge is 0.293 e. The van der Waals surface area contributed by atoms with E-state index in [1.807, 2.05) is 38.1 Å². The van der Waals surface area contributed by atoms with E-state index in [4.69, 9.17) is 0 Å². The third-order valence-electron chi connectivity index (χ3n) is 3.00. The molecule has 0 aliphatic rings. The highest BCUT2D eigenvalue weighted by molar-refractivity contribution is 9.10. The Hall–Kier alpha value is -1.26. The first-order valence-corrected chi connectivity index (χ1v) is 8.33. The molecule has 4 heteroatoms. The van der Waals surface area contributed by atoms with Crippen LogP contribution in [0.1, 0.15) is 21.5 Å². The molecule has 0 saturated heterocycles. The van der Waals surface area contributed by atoms with Crippen molar-refractivity contribution in [2.75, 3.05) is 5.75 Å². The summed E-state index contributed by atoms with van der Waals surface area (Å²) in [5.41, 5.74) is 2.59. The Bertz CT molecular complexity index is 680. The van der Waals surface area contributed by atoms with Gasteiger partial charge in [0.15, 0.2) is 5.78 Å². The van der Waals surface area contributed by atoms with E-state index >= 15 is 0 Å². The molecule has 2 nitrogen and oxygen atoms in total. The van der Waals surface area contributed by atoms with Crippen LogP contribution in [0.25, 0.3) is 0 Å². The zero-order valence-electron chi connectivity index (χ0n) is 11.4. The van der Waals surface area contributed by atoms with E-state index in [2.05, 4.69) is 15.9 Å². The molecule has 104 valence electrons. The first-order valence-electron chi connectivity index (χ1n) is 6.22. The number of halogens is 1. The van der Waals surface area contributed by atoms with Gasteiger partial charge < -0.3 is 0 Å². The quantitative estimate of drug-likeness (QED) is 0.779. The maximum atomic E-state index is 12.4. The molecule has 1 atom stereocenters. The minimum atomic E-state index is -1.31. The minimum absolute atomic E-state index is 0.0146. The van der Waals surface area contributed by atoms with Gasteiger partial charge in [-0.2, -0.15) is 0 Å². The fraction of sp³-hybridized carbons (Fsp3) is 0.188. The van der Waals surface area contributed by atoms with Crippen LogP contribution in [-0.4, -0.2) is 15.7 Å². The average molecular weight is 351 g/mol. The first-order chi connectivity index (χ1) is 9.47. The standard InChI is InChI=1S/C16H15BrO2S/c1-11-6-7-12(2)16(8-11)20(19)10-15(18)13-4-3-5-14(17)9-13/h3-9H,10H2,1-2H3. The van der Waals surface area contributed by atoms with E-state index < -0.39 is 10.8 Å². The van der Waals surface area contributed by atoms with Gasteiger partial charge in [0.1, 0.15) is 0 Å². The molecule has 0 bridgehead atoms. The van der Waals surface area contributed by atoms with E-state index in [-0.39, 0.29) is 11.5 Å². The fourth-order valence-corrected chi connectivity index (χ4v) is 3.60. The van der Waals surface area contributed by atoms with Crippen molar-refractivity contribution in [1.29, 1.82) is 0 Å². The summed E-state index contributed by atoms with van der Waals surface area (Å²) in [6.45, 7) is 3.87. The normalized spacial score (nSPS) is 12.2. The Morgan fingerprint density at radius 1 is 1.15 bits per heavy atom. The van der Waals surface area contributed by atoms with Gasteiger partial charge in [0.25, 0.3) is 0 Å². The predicted octanol–water partition coefficient (Wildman–Crippen LogP) is 4.06. The van der Waals surface area contributed by atoms with Crippen LogP contribution in [0.2, 0.25) is 0 Å². The molecule has 0 aliphatic carbocycles. The molecule has 0 spiro atoms. The Labute approximate surface area is 129 Å². The highest BCUT2D eigenvalue weighted by Gasteiger charge is 2.14. The summed E-state index contributed by atoms with van der Waals surface area (Å²) in [5.74, 6) is -0.0914. The molecule has 20 heavy (non-hydrogen) atoms. The lowest BCUT2D eigenvalue weighted by Crippen LogP contribution is -2.12. The molecule has 2 rings (SSSR count). The molecule has 0 fully saturated rings. The van der Waals surface area contributed by atoms with Crippen LogP contribution in [0.15, 0.2) is 51.8 Å². The summed E-state index contributed by atoms with van der Waals surface area (Å²) < 4.78 is 13.2. The molecule has 0 heterocycles. The third kappa shape index (κ3) is 3.64. The number of hydrogen-bond acceptors (Lipinski definition) is 2. The zero-order valence-corrected chi connectivity index (χ0v) is 13.8. The van der Waals surface area contributed by atoms with Crippen molar-refractivity contribution >= 4 is 32.5 Å². The monoisotopic (exact) mass is 350 g/mol. The maximum Gasteiger partial charge on any atom is 0.175 e. The van der Waals surface area contributed by atoms with E-state index in [0.717, 1.165) is 20.5 Å². The summed E-state index contributed by atoms with van der Waals surface area (Å²) in [6, 6.07) is 13.0. The molecule has 0 radical (unpaired) electrons. The van der Waals surface area contributed by atoms with Gasteiger partial charge in [-0.05, 0) is 43.2 Å². The fourth-order valence-electron chi connectivity index (χ4n) is 1.89. The molecule has 0 amide bonds. The molecule has 2 aromatic carbocycles. The summed E-state index contributed by atoms with van der Waals surface area (Å²) in [5, 5.41) is 0. The second-order valence-corrected chi connectivity index (χ2v) is 7.03. The topological polar surface area (TPSA) is 34.1 Å². The number of hydrogen-bond donors (Lipinski definition) is 0. The van der Waals surface area contributed by atoms with Crippen LogP contribution in [-0.2, 0) is 10.8 Å². The molecule has 0 N–H and O–H groups in total. The van der Waals surface area contributed by atoms with Crippen LogP contribution in [0.4, 0.5) is 0 Å². The summed E-state index contributed by atoms with van der Waals surface area (Å²) in [4.78, 5) is 12.9. The van der Waals surface area contributed by atoms with Crippen LogP contribution in [0.3, 0.4) is 0 Å². The van der Waals surface area contributed by atoms with Crippen molar-refractivity contribution < 1.29 is 9.00 Å². The van der Waals surface area contributed by atoms with Crippen molar-refractivity contribution in [3.05, 3.63) is 63.6 Å². The van der Waals surface area contributed by atoms with Crippen molar-refractivity contribution in [3.63, 3.8) is 0 Å². The lowest BCUT2D eigenvalue weighted by Gasteiger charge is -2.07. The molecule has 0 saturated carbocycles. The van der Waals surface area contributed by atoms with Gasteiger partial charge in [0.2, 0.25) is 0 Å².